The zero-order valence-corrected chi connectivity index (χ0v) is 17.1. The standard InChI is InChI=1S/C18H23FN2.C2H6.C2H4.CHN/c1-17(11-12-20)9-7-16(8-10-17)21-13-18(19,14-21)15-5-3-2-4-6-15;3*1-2/h2-6,16H,7-11,13-14H2,1H3;1-2H3;1-2H2;1H. The third-order valence-corrected chi connectivity index (χ3v) is 5.38. The van der Waals surface area contributed by atoms with Crippen molar-refractivity contribution in [1.82, 2.24) is 4.90 Å². The molecule has 27 heavy (non-hydrogen) atoms. The fourth-order valence-electron chi connectivity index (χ4n) is 3.81. The predicted molar refractivity (Wildman–Crippen MR) is 111 cm³/mol. The van der Waals surface area contributed by atoms with Gasteiger partial charge in [0.2, 0.25) is 0 Å². The van der Waals surface area contributed by atoms with Crippen LogP contribution in [0.15, 0.2) is 43.5 Å². The van der Waals surface area contributed by atoms with E-state index in [4.69, 9.17) is 10.5 Å². The minimum atomic E-state index is -1.16. The van der Waals surface area contributed by atoms with Crippen LogP contribution >= 0.6 is 0 Å². The number of hydrogen-bond donors (Lipinski definition) is 0. The number of nitrogens with zero attached hydrogens (tertiary/aromatic N) is 3. The van der Waals surface area contributed by atoms with E-state index < -0.39 is 5.67 Å². The highest BCUT2D eigenvalue weighted by atomic mass is 19.1. The second kappa shape index (κ2) is 12.3. The number of halogens is 1. The molecular weight excluding hydrogens is 337 g/mol. The summed E-state index contributed by atoms with van der Waals surface area (Å²) >= 11 is 0. The van der Waals surface area contributed by atoms with Gasteiger partial charge in [-0.1, -0.05) is 51.1 Å². The summed E-state index contributed by atoms with van der Waals surface area (Å²) in [5.74, 6) is 0. The molecule has 148 valence electrons. The molecule has 0 spiro atoms. The van der Waals surface area contributed by atoms with Gasteiger partial charge in [0.15, 0.2) is 5.67 Å². The van der Waals surface area contributed by atoms with Crippen molar-refractivity contribution in [3.05, 3.63) is 49.1 Å². The van der Waals surface area contributed by atoms with Gasteiger partial charge < -0.3 is 0 Å². The van der Waals surface area contributed by atoms with Crippen LogP contribution in [0.1, 0.15) is 58.4 Å². The third kappa shape index (κ3) is 6.49. The van der Waals surface area contributed by atoms with Crippen molar-refractivity contribution >= 4 is 0 Å². The molecule has 0 N–H and O–H groups in total. The van der Waals surface area contributed by atoms with Gasteiger partial charge in [-0.05, 0) is 36.7 Å². The fraction of sp³-hybridized carbons (Fsp3) is 0.565. The van der Waals surface area contributed by atoms with Crippen LogP contribution in [0, 0.1) is 28.6 Å². The Morgan fingerprint density at radius 3 is 2.07 bits per heavy atom. The molecule has 1 saturated carbocycles. The predicted octanol–water partition coefficient (Wildman–Crippen LogP) is 6.00. The molecule has 1 aliphatic heterocycles. The van der Waals surface area contributed by atoms with Crippen LogP contribution in [0.3, 0.4) is 0 Å². The Kier molecular flexibility index (Phi) is 11.3. The van der Waals surface area contributed by atoms with Gasteiger partial charge in [-0.2, -0.15) is 5.26 Å². The molecule has 0 unspecified atom stereocenters. The largest absolute Gasteiger partial charge is 0.293 e. The van der Waals surface area contributed by atoms with E-state index in [-0.39, 0.29) is 5.41 Å². The highest BCUT2D eigenvalue weighted by molar-refractivity contribution is 5.26. The molecule has 1 aromatic carbocycles. The van der Waals surface area contributed by atoms with E-state index in [1.54, 1.807) is 0 Å². The molecule has 1 heterocycles. The van der Waals surface area contributed by atoms with Gasteiger partial charge >= 0.3 is 0 Å². The molecule has 2 aliphatic rings. The lowest BCUT2D eigenvalue weighted by Gasteiger charge is -2.51. The van der Waals surface area contributed by atoms with Gasteiger partial charge in [0, 0.05) is 32.1 Å². The molecule has 1 saturated heterocycles. The lowest BCUT2D eigenvalue weighted by Crippen LogP contribution is -2.61. The van der Waals surface area contributed by atoms with Crippen LogP contribution in [0.2, 0.25) is 0 Å². The lowest BCUT2D eigenvalue weighted by molar-refractivity contribution is -0.0760. The summed E-state index contributed by atoms with van der Waals surface area (Å²) in [6.45, 7) is 16.8. The Balaban J connectivity index is 0.00000103. The molecule has 0 amide bonds. The van der Waals surface area contributed by atoms with Crippen molar-refractivity contribution in [3.8, 4) is 12.6 Å². The highest BCUT2D eigenvalue weighted by Gasteiger charge is 2.48. The van der Waals surface area contributed by atoms with Gasteiger partial charge in [-0.3, -0.25) is 4.90 Å². The number of likely N-dealkylation sites (tertiary alicyclic amines) is 1. The van der Waals surface area contributed by atoms with E-state index in [2.05, 4.69) is 37.6 Å². The second-order valence-electron chi connectivity index (χ2n) is 7.11. The average molecular weight is 372 g/mol. The topological polar surface area (TPSA) is 50.8 Å². The first-order valence-electron chi connectivity index (χ1n) is 9.66. The number of nitriles is 2. The van der Waals surface area contributed by atoms with Crippen molar-refractivity contribution < 1.29 is 4.39 Å². The summed E-state index contributed by atoms with van der Waals surface area (Å²) in [6, 6.07) is 12.3. The quantitative estimate of drug-likeness (QED) is 0.612. The first kappa shape index (κ1) is 24.8. The van der Waals surface area contributed by atoms with Crippen LogP contribution in [0.25, 0.3) is 0 Å². The fourth-order valence-corrected chi connectivity index (χ4v) is 3.81. The minimum absolute atomic E-state index is 0.183. The average Bonchev–Trinajstić information content (AvgIpc) is 2.72. The smallest absolute Gasteiger partial charge is 0.161 e. The van der Waals surface area contributed by atoms with E-state index in [1.165, 1.54) is 0 Å². The zero-order chi connectivity index (χ0) is 20.9. The van der Waals surface area contributed by atoms with Gasteiger partial charge in [0.1, 0.15) is 0 Å². The molecule has 0 atom stereocenters. The maximum absolute atomic E-state index is 14.8. The Morgan fingerprint density at radius 2 is 1.63 bits per heavy atom. The van der Waals surface area contributed by atoms with Gasteiger partial charge in [0.05, 0.1) is 6.07 Å². The number of hydrogen-bond acceptors (Lipinski definition) is 3. The summed E-state index contributed by atoms with van der Waals surface area (Å²) in [5.41, 5.74) is -0.164. The van der Waals surface area contributed by atoms with E-state index in [1.807, 2.05) is 44.2 Å². The highest BCUT2D eigenvalue weighted by Crippen LogP contribution is 2.44. The van der Waals surface area contributed by atoms with E-state index in [9.17, 15) is 4.39 Å². The first-order chi connectivity index (χ1) is 13.0. The molecule has 3 rings (SSSR count). The third-order valence-electron chi connectivity index (χ3n) is 5.38. The molecule has 3 nitrogen and oxygen atoms in total. The van der Waals surface area contributed by atoms with Crippen molar-refractivity contribution in [2.24, 2.45) is 5.41 Å². The summed E-state index contributed by atoms with van der Waals surface area (Å²) in [5, 5.41) is 15.4. The van der Waals surface area contributed by atoms with E-state index in [0.717, 1.165) is 31.2 Å². The molecule has 1 aliphatic carbocycles. The number of benzene rings is 1. The van der Waals surface area contributed by atoms with Gasteiger partial charge in [0.25, 0.3) is 0 Å². The number of rotatable bonds is 3. The maximum Gasteiger partial charge on any atom is 0.161 e. The Labute approximate surface area is 165 Å². The van der Waals surface area contributed by atoms with Gasteiger partial charge in [-0.15, -0.1) is 13.2 Å². The zero-order valence-electron chi connectivity index (χ0n) is 17.1. The monoisotopic (exact) mass is 371 g/mol. The SMILES string of the molecule is C#N.C=C.CC.CC1(CC#N)CCC(N2CC(F)(c3ccccc3)C2)CC1. The number of alkyl halides is 1. The molecule has 0 radical (unpaired) electrons. The maximum atomic E-state index is 14.8. The summed E-state index contributed by atoms with van der Waals surface area (Å²) in [6.07, 6.45) is 5.03. The van der Waals surface area contributed by atoms with E-state index >= 15 is 0 Å². The molecular formula is C23H34FN3. The van der Waals surface area contributed by atoms with Crippen molar-refractivity contribution in [3.63, 3.8) is 0 Å². The van der Waals surface area contributed by atoms with Crippen LogP contribution in [-0.2, 0) is 5.67 Å². The Morgan fingerprint density at radius 1 is 1.15 bits per heavy atom. The summed E-state index contributed by atoms with van der Waals surface area (Å²) < 4.78 is 14.8. The van der Waals surface area contributed by atoms with Crippen LogP contribution in [0.4, 0.5) is 4.39 Å². The van der Waals surface area contributed by atoms with Crippen molar-refractivity contribution in [2.45, 2.75) is 64.6 Å². The van der Waals surface area contributed by atoms with Crippen LogP contribution in [0.5, 0.6) is 0 Å². The van der Waals surface area contributed by atoms with E-state index in [0.29, 0.717) is 25.6 Å². The van der Waals surface area contributed by atoms with Crippen LogP contribution < -0.4 is 0 Å². The molecule has 0 aromatic heterocycles. The van der Waals surface area contributed by atoms with Gasteiger partial charge in [-0.25, -0.2) is 9.65 Å². The Bertz CT molecular complexity index is 577. The lowest BCUT2D eigenvalue weighted by atomic mass is 9.71. The molecule has 2 fully saturated rings. The van der Waals surface area contributed by atoms with Crippen LogP contribution in [-0.4, -0.2) is 24.0 Å². The normalized spacial score (nSPS) is 25.4. The second-order valence-corrected chi connectivity index (χ2v) is 7.11. The molecule has 1 aromatic rings. The summed E-state index contributed by atoms with van der Waals surface area (Å²) in [7, 11) is 0. The van der Waals surface area contributed by atoms with Crippen molar-refractivity contribution in [2.75, 3.05) is 13.1 Å². The summed E-state index contributed by atoms with van der Waals surface area (Å²) in [4.78, 5) is 2.29. The molecule has 0 bridgehead atoms. The first-order valence-corrected chi connectivity index (χ1v) is 9.66. The Hall–Kier alpha value is -2.17. The minimum Gasteiger partial charge on any atom is -0.293 e. The molecule has 4 heteroatoms. The van der Waals surface area contributed by atoms with Crippen molar-refractivity contribution in [1.29, 1.82) is 10.5 Å².